The zero-order valence-corrected chi connectivity index (χ0v) is 20.3. The second-order valence-corrected chi connectivity index (χ2v) is 8.95. The maximum atomic E-state index is 13.5. The molecule has 0 bridgehead atoms. The summed E-state index contributed by atoms with van der Waals surface area (Å²) in [5.41, 5.74) is 1.78. The van der Waals surface area contributed by atoms with Gasteiger partial charge in [-0.3, -0.25) is 14.4 Å². The zero-order valence-electron chi connectivity index (χ0n) is 20.3. The molecule has 2 fully saturated rings. The molecule has 4 amide bonds. The molecule has 2 heterocycles. The first-order chi connectivity index (χ1) is 17.9. The molecule has 10 nitrogen and oxygen atoms in total. The van der Waals surface area contributed by atoms with E-state index in [1.165, 1.54) is 14.9 Å². The predicted octanol–water partition coefficient (Wildman–Crippen LogP) is 1.49. The number of carboxylic acids is 1. The van der Waals surface area contributed by atoms with Crippen LogP contribution in [-0.2, 0) is 27.5 Å². The Morgan fingerprint density at radius 3 is 2.30 bits per heavy atom. The third-order valence-corrected chi connectivity index (χ3v) is 6.45. The molecule has 2 aromatic carbocycles. The highest BCUT2D eigenvalue weighted by atomic mass is 16.4. The standard InChI is InChI=1S/C27H29N5O5/c1-2-15-30-19-24(33)31-22(13-14-25(34)35)26(36)29(17-21-11-7-4-8-12-21)18-23(31)32(30)27(37)28-16-20-9-5-3-6-10-20/h1,3-12,22-23H,13-19H2,(H,28,37)(H,34,35)/t22-,23-/m0/s1. The molecule has 0 aromatic heterocycles. The Morgan fingerprint density at radius 1 is 1.03 bits per heavy atom. The van der Waals surface area contributed by atoms with Gasteiger partial charge in [0.1, 0.15) is 12.2 Å². The van der Waals surface area contributed by atoms with Crippen LogP contribution in [0.25, 0.3) is 0 Å². The number of benzene rings is 2. The number of carbonyl (C=O) groups excluding carboxylic acids is 3. The summed E-state index contributed by atoms with van der Waals surface area (Å²) in [6, 6.07) is 17.3. The van der Waals surface area contributed by atoms with Gasteiger partial charge < -0.3 is 20.2 Å². The van der Waals surface area contributed by atoms with Crippen molar-refractivity contribution in [1.29, 1.82) is 0 Å². The van der Waals surface area contributed by atoms with Gasteiger partial charge >= 0.3 is 12.0 Å². The van der Waals surface area contributed by atoms with Crippen LogP contribution >= 0.6 is 0 Å². The minimum atomic E-state index is -1.07. The summed E-state index contributed by atoms with van der Waals surface area (Å²) >= 11 is 0. The molecule has 10 heteroatoms. The molecule has 2 aliphatic heterocycles. The minimum Gasteiger partial charge on any atom is -0.481 e. The van der Waals surface area contributed by atoms with Gasteiger partial charge in [0.25, 0.3) is 0 Å². The number of piperazine rings is 1. The lowest BCUT2D eigenvalue weighted by Crippen LogP contribution is -2.76. The van der Waals surface area contributed by atoms with Gasteiger partial charge in [-0.1, -0.05) is 66.6 Å². The van der Waals surface area contributed by atoms with E-state index in [0.29, 0.717) is 0 Å². The maximum Gasteiger partial charge on any atom is 0.334 e. The SMILES string of the molecule is C#CCN1CC(=O)N2[C@@H](CCC(=O)O)C(=O)N(Cc3ccccc3)C[C@@H]2N1C(=O)NCc1ccccc1. The predicted molar refractivity (Wildman–Crippen MR) is 134 cm³/mol. The molecule has 0 saturated carbocycles. The molecule has 2 N–H and O–H groups in total. The van der Waals surface area contributed by atoms with E-state index in [1.54, 1.807) is 4.90 Å². The first-order valence-corrected chi connectivity index (χ1v) is 12.0. The van der Waals surface area contributed by atoms with Gasteiger partial charge in [-0.25, -0.2) is 9.80 Å². The maximum absolute atomic E-state index is 13.5. The fraction of sp³-hybridized carbons (Fsp3) is 0.333. The van der Waals surface area contributed by atoms with Gasteiger partial charge in [0.15, 0.2) is 0 Å². The number of terminal acetylenes is 1. The summed E-state index contributed by atoms with van der Waals surface area (Å²) in [6.07, 6.45) is 4.36. The summed E-state index contributed by atoms with van der Waals surface area (Å²) in [4.78, 5) is 54.6. The van der Waals surface area contributed by atoms with E-state index >= 15 is 0 Å². The van der Waals surface area contributed by atoms with Gasteiger partial charge in [-0.2, -0.15) is 5.01 Å². The Hall–Kier alpha value is -4.36. The quantitative estimate of drug-likeness (QED) is 0.528. The Labute approximate surface area is 215 Å². The van der Waals surface area contributed by atoms with Gasteiger partial charge in [-0.05, 0) is 17.5 Å². The number of fused-ring (bicyclic) bond motifs is 1. The molecule has 0 radical (unpaired) electrons. The number of aliphatic carboxylic acids is 1. The van der Waals surface area contributed by atoms with Crippen molar-refractivity contribution >= 4 is 23.8 Å². The number of hydrogen-bond acceptors (Lipinski definition) is 5. The third-order valence-electron chi connectivity index (χ3n) is 6.45. The highest BCUT2D eigenvalue weighted by molar-refractivity contribution is 5.91. The first-order valence-electron chi connectivity index (χ1n) is 12.0. The number of nitrogens with one attached hydrogen (secondary N) is 1. The Bertz CT molecular complexity index is 1180. The summed E-state index contributed by atoms with van der Waals surface area (Å²) in [6.45, 7) is 0.394. The van der Waals surface area contributed by atoms with Crippen LogP contribution in [0, 0.1) is 12.3 Å². The second kappa shape index (κ2) is 11.6. The highest BCUT2D eigenvalue weighted by Gasteiger charge is 2.51. The molecule has 37 heavy (non-hydrogen) atoms. The number of amides is 4. The van der Waals surface area contributed by atoms with Crippen molar-refractivity contribution in [3.05, 3.63) is 71.8 Å². The first kappa shape index (κ1) is 25.7. The number of hydrazine groups is 1. The Kier molecular flexibility index (Phi) is 8.05. The van der Waals surface area contributed by atoms with Crippen LogP contribution in [0.4, 0.5) is 4.79 Å². The van der Waals surface area contributed by atoms with Crippen molar-refractivity contribution in [2.75, 3.05) is 19.6 Å². The van der Waals surface area contributed by atoms with Crippen molar-refractivity contribution in [3.63, 3.8) is 0 Å². The van der Waals surface area contributed by atoms with Crippen LogP contribution in [0.2, 0.25) is 0 Å². The third kappa shape index (κ3) is 5.90. The molecule has 2 aromatic rings. The van der Waals surface area contributed by atoms with E-state index in [-0.39, 0.29) is 57.4 Å². The lowest BCUT2D eigenvalue weighted by molar-refractivity contribution is -0.190. The van der Waals surface area contributed by atoms with Crippen LogP contribution in [0.1, 0.15) is 24.0 Å². The van der Waals surface area contributed by atoms with E-state index in [0.717, 1.165) is 11.1 Å². The topological polar surface area (TPSA) is 114 Å². The number of carbonyl (C=O) groups is 4. The Balaban J connectivity index is 1.65. The summed E-state index contributed by atoms with van der Waals surface area (Å²) in [7, 11) is 0. The smallest absolute Gasteiger partial charge is 0.334 e. The van der Waals surface area contributed by atoms with Crippen molar-refractivity contribution in [2.24, 2.45) is 0 Å². The molecule has 4 rings (SSSR count). The average molecular weight is 504 g/mol. The van der Waals surface area contributed by atoms with Crippen LogP contribution in [0.15, 0.2) is 60.7 Å². The van der Waals surface area contributed by atoms with Crippen molar-refractivity contribution in [1.82, 2.24) is 25.1 Å². The van der Waals surface area contributed by atoms with Gasteiger partial charge in [-0.15, -0.1) is 6.42 Å². The monoisotopic (exact) mass is 503 g/mol. The van der Waals surface area contributed by atoms with E-state index in [4.69, 9.17) is 6.42 Å². The molecular weight excluding hydrogens is 474 g/mol. The number of nitrogens with zero attached hydrogens (tertiary/aromatic N) is 4. The number of rotatable bonds is 8. The van der Waals surface area contributed by atoms with Crippen molar-refractivity contribution in [2.45, 2.75) is 38.1 Å². The largest absolute Gasteiger partial charge is 0.481 e. The molecular formula is C27H29N5O5. The van der Waals surface area contributed by atoms with Crippen LogP contribution in [0.5, 0.6) is 0 Å². The van der Waals surface area contributed by atoms with Gasteiger partial charge in [0, 0.05) is 19.5 Å². The fourth-order valence-electron chi connectivity index (χ4n) is 4.77. The number of hydrogen-bond donors (Lipinski definition) is 2. The van der Waals surface area contributed by atoms with Gasteiger partial charge in [0.2, 0.25) is 11.8 Å². The van der Waals surface area contributed by atoms with Crippen LogP contribution in [-0.4, -0.2) is 80.6 Å². The van der Waals surface area contributed by atoms with Gasteiger partial charge in [0.05, 0.1) is 19.6 Å². The summed E-state index contributed by atoms with van der Waals surface area (Å²) in [5, 5.41) is 15.1. The van der Waals surface area contributed by atoms with Crippen molar-refractivity contribution < 1.29 is 24.3 Å². The van der Waals surface area contributed by atoms with Crippen LogP contribution in [0.3, 0.4) is 0 Å². The number of carboxylic acid groups (broad SMARTS) is 1. The lowest BCUT2D eigenvalue weighted by Gasteiger charge is -2.54. The lowest BCUT2D eigenvalue weighted by atomic mass is 10.0. The average Bonchev–Trinajstić information content (AvgIpc) is 2.89. The molecule has 2 atom stereocenters. The molecule has 0 spiro atoms. The van der Waals surface area contributed by atoms with E-state index in [1.807, 2.05) is 60.7 Å². The molecule has 192 valence electrons. The zero-order chi connectivity index (χ0) is 26.4. The highest BCUT2D eigenvalue weighted by Crippen LogP contribution is 2.29. The minimum absolute atomic E-state index is 0.0151. The van der Waals surface area contributed by atoms with E-state index in [2.05, 4.69) is 11.2 Å². The molecule has 2 saturated heterocycles. The molecule has 0 aliphatic carbocycles. The Morgan fingerprint density at radius 2 is 1.68 bits per heavy atom. The normalized spacial score (nSPS) is 19.8. The fourth-order valence-corrected chi connectivity index (χ4v) is 4.77. The van der Waals surface area contributed by atoms with Crippen LogP contribution < -0.4 is 5.32 Å². The van der Waals surface area contributed by atoms with E-state index in [9.17, 15) is 24.3 Å². The second-order valence-electron chi connectivity index (χ2n) is 8.95. The summed E-state index contributed by atoms with van der Waals surface area (Å²) < 4.78 is 0. The van der Waals surface area contributed by atoms with E-state index < -0.39 is 24.2 Å². The molecule has 2 aliphatic rings. The molecule has 0 unspecified atom stereocenters. The van der Waals surface area contributed by atoms with Crippen molar-refractivity contribution in [3.8, 4) is 12.3 Å². The summed E-state index contributed by atoms with van der Waals surface area (Å²) in [5.74, 6) is 0.707. The number of urea groups is 1.